The lowest BCUT2D eigenvalue weighted by Gasteiger charge is -2.49. The van der Waals surface area contributed by atoms with Crippen molar-refractivity contribution in [2.45, 2.75) is 37.8 Å². The number of nitrogen functional groups attached to an aromatic ring is 1. The number of amides is 1. The summed E-state index contributed by atoms with van der Waals surface area (Å²) in [4.78, 5) is 61.1. The molecule has 6 N–H and O–H groups in total. The number of thioether (sulfide) groups is 1. The Bertz CT molecular complexity index is 2180. The van der Waals surface area contributed by atoms with Crippen LogP contribution >= 0.6 is 23.1 Å². The van der Waals surface area contributed by atoms with E-state index in [1.54, 1.807) is 12.2 Å². The van der Waals surface area contributed by atoms with Gasteiger partial charge in [-0.15, -0.1) is 23.1 Å². The Morgan fingerprint density at radius 2 is 1.80 bits per heavy atom. The van der Waals surface area contributed by atoms with Gasteiger partial charge in [-0.25, -0.2) is 19.1 Å². The summed E-state index contributed by atoms with van der Waals surface area (Å²) in [6.07, 6.45) is 6.86. The van der Waals surface area contributed by atoms with Gasteiger partial charge in [0.05, 0.1) is 11.3 Å². The number of carboxylic acid groups (broad SMARTS) is 2. The van der Waals surface area contributed by atoms with E-state index in [4.69, 9.17) is 10.6 Å². The van der Waals surface area contributed by atoms with E-state index < -0.39 is 40.5 Å². The molecule has 1 saturated heterocycles. The molecule has 0 bridgehead atoms. The van der Waals surface area contributed by atoms with Crippen LogP contribution in [0.5, 0.6) is 11.5 Å². The summed E-state index contributed by atoms with van der Waals surface area (Å²) in [5, 5.41) is 45.5. The predicted molar refractivity (Wildman–Crippen MR) is 189 cm³/mol. The molecule has 0 unspecified atom stereocenters. The number of fused-ring (bicyclic) bond motifs is 2. The normalized spacial score (nSPS) is 17.8. The van der Waals surface area contributed by atoms with Gasteiger partial charge >= 0.3 is 11.9 Å². The number of pyridine rings is 1. The van der Waals surface area contributed by atoms with Gasteiger partial charge in [0.25, 0.3) is 0 Å². The Balaban J connectivity index is 1.14. The number of anilines is 1. The van der Waals surface area contributed by atoms with E-state index in [-0.39, 0.29) is 45.9 Å². The van der Waals surface area contributed by atoms with Gasteiger partial charge in [0.1, 0.15) is 11.4 Å². The monoisotopic (exact) mass is 730 g/mol. The van der Waals surface area contributed by atoms with Crippen LogP contribution in [0.15, 0.2) is 82.7 Å². The molecule has 2 aromatic heterocycles. The fourth-order valence-corrected chi connectivity index (χ4v) is 7.48. The van der Waals surface area contributed by atoms with Gasteiger partial charge in [0, 0.05) is 34.6 Å². The molecule has 51 heavy (non-hydrogen) atoms. The zero-order valence-corrected chi connectivity index (χ0v) is 28.9. The topological polar surface area (TPSA) is 217 Å². The molecule has 6 rings (SSSR count). The molecule has 1 amide bonds. The molecule has 4 aromatic rings. The number of β-lactam (4-membered cyclic amide) rings is 1. The summed E-state index contributed by atoms with van der Waals surface area (Å²) in [5.41, 5.74) is 5.87. The number of aromatic hydroxyl groups is 2. The number of carbonyl (C=O) groups is 4. The number of phenols is 2. The van der Waals surface area contributed by atoms with Crippen LogP contribution in [0, 0.1) is 5.92 Å². The number of nitrogens with zero attached hydrogens (tertiary/aromatic N) is 4. The van der Waals surface area contributed by atoms with Gasteiger partial charge in [-0.05, 0) is 42.5 Å². The second-order valence-corrected chi connectivity index (χ2v) is 14.4. The van der Waals surface area contributed by atoms with E-state index >= 15 is 0 Å². The lowest BCUT2D eigenvalue weighted by atomic mass is 9.89. The summed E-state index contributed by atoms with van der Waals surface area (Å²) in [7, 11) is 0. The second kappa shape index (κ2) is 13.9. The molecule has 14 nitrogen and oxygen atoms in total. The van der Waals surface area contributed by atoms with Crippen molar-refractivity contribution in [3.05, 3.63) is 94.4 Å². The van der Waals surface area contributed by atoms with Gasteiger partial charge in [-0.1, -0.05) is 41.6 Å². The van der Waals surface area contributed by atoms with Gasteiger partial charge in [0.2, 0.25) is 11.5 Å². The van der Waals surface area contributed by atoms with Crippen molar-refractivity contribution in [3.8, 4) is 11.5 Å². The Kier molecular flexibility index (Phi) is 9.55. The maximum absolute atomic E-state index is 13.4. The van der Waals surface area contributed by atoms with Gasteiger partial charge in [-0.2, -0.15) is 0 Å². The number of allylic oxidation sites excluding steroid dienone is 1. The highest BCUT2D eigenvalue weighted by Gasteiger charge is 2.54. The second-order valence-electron chi connectivity index (χ2n) is 12.4. The first-order valence-electron chi connectivity index (χ1n) is 15.5. The third-order valence-corrected chi connectivity index (χ3v) is 10.4. The number of aliphatic carboxylic acids is 2. The number of aromatic nitrogens is 2. The molecule has 0 spiro atoms. The number of phenolic OH excluding ortho intramolecular Hbond substituents is 2. The van der Waals surface area contributed by atoms with Crippen LogP contribution in [0.25, 0.3) is 16.8 Å². The number of thiazole rings is 1. The maximum Gasteiger partial charge on any atom is 0.352 e. The number of hydrogen-bond acceptors (Lipinski definition) is 12. The van der Waals surface area contributed by atoms with Crippen LogP contribution in [0.3, 0.4) is 0 Å². The van der Waals surface area contributed by atoms with E-state index in [1.807, 2.05) is 47.3 Å². The largest absolute Gasteiger partial charge is 0.504 e. The zero-order valence-electron chi connectivity index (χ0n) is 27.2. The summed E-state index contributed by atoms with van der Waals surface area (Å²) in [6.45, 7) is 3.07. The number of ketones is 1. The Morgan fingerprint density at radius 3 is 2.45 bits per heavy atom. The van der Waals surface area contributed by atoms with Crippen LogP contribution in [0.2, 0.25) is 0 Å². The number of carbonyl (C=O) groups excluding carboxylic acids is 2. The van der Waals surface area contributed by atoms with Gasteiger partial charge in [0.15, 0.2) is 47.1 Å². The number of rotatable bonds is 12. The highest BCUT2D eigenvalue weighted by Crippen LogP contribution is 2.45. The molecule has 4 heterocycles. The average molecular weight is 731 g/mol. The third-order valence-electron chi connectivity index (χ3n) is 8.38. The lowest BCUT2D eigenvalue weighted by Crippen LogP contribution is -2.62. The predicted octanol–water partition coefficient (Wildman–Crippen LogP) is 3.75. The van der Waals surface area contributed by atoms with E-state index in [9.17, 15) is 39.6 Å². The van der Waals surface area contributed by atoms with Crippen molar-refractivity contribution >= 4 is 74.4 Å². The number of oxime groups is 1. The van der Waals surface area contributed by atoms with Crippen molar-refractivity contribution in [1.82, 2.24) is 9.88 Å². The number of hydrogen-bond donors (Lipinski definition) is 5. The molecule has 0 radical (unpaired) electrons. The summed E-state index contributed by atoms with van der Waals surface area (Å²) >= 11 is 2.38. The minimum absolute atomic E-state index is 0.0747. The van der Waals surface area contributed by atoms with Crippen molar-refractivity contribution in [3.63, 3.8) is 0 Å². The van der Waals surface area contributed by atoms with E-state index in [0.717, 1.165) is 33.2 Å². The van der Waals surface area contributed by atoms with Gasteiger partial charge in [-0.3, -0.25) is 14.5 Å². The molecule has 262 valence electrons. The quantitative estimate of drug-likeness (QED) is 0.0463. The van der Waals surface area contributed by atoms with Crippen molar-refractivity contribution in [2.24, 2.45) is 11.1 Å². The standard InChI is InChI=1S/C35H31N5O9S2/c1-35(2,33(47)48)49-38-28(24-17-51-34(36)37-24)27(43)13-23-30(44)40-29(32(45)46)21(16-50-31(23)40)8-7-18-3-5-19(6-4-18)14-39-10-9-20-11-25(41)26(42)12-22(20)15-39/h3-12,15,17,23,31H,13-14,16H2,1-2H3,(H5,36,37,42,45,46,47,48)/p+1/b8-7?,38-28-/t23-,31-/m1/s1. The third kappa shape index (κ3) is 7.27. The lowest BCUT2D eigenvalue weighted by molar-refractivity contribution is -0.687. The number of benzene rings is 2. The highest BCUT2D eigenvalue weighted by atomic mass is 32.2. The van der Waals surface area contributed by atoms with Crippen molar-refractivity contribution < 1.29 is 49.0 Å². The Labute approximate surface area is 298 Å². The van der Waals surface area contributed by atoms with Crippen LogP contribution in [0.1, 0.15) is 37.1 Å². The smallest absolute Gasteiger partial charge is 0.352 e. The minimum Gasteiger partial charge on any atom is -0.504 e. The number of carboxylic acids is 2. The molecule has 1 fully saturated rings. The Morgan fingerprint density at radius 1 is 1.10 bits per heavy atom. The Hall–Kier alpha value is -5.74. The molecule has 0 aliphatic carbocycles. The summed E-state index contributed by atoms with van der Waals surface area (Å²) in [5.74, 6) is -4.68. The number of nitrogens with two attached hydrogens (primary N) is 1. The first-order valence-corrected chi connectivity index (χ1v) is 17.4. The SMILES string of the molecule is CC(C)(O/N=C(\C(=O)C[C@@H]1C(=O)N2C(C(=O)O)=C(C=Cc3ccc(C[n+]4ccc5cc(O)c(O)cc5c4)cc3)CS[C@H]12)c1csc(N)n1)C(=O)O. The number of Topliss-reactive ketones (excluding diaryl/α,β-unsaturated/α-hetero) is 1. The molecule has 2 aliphatic heterocycles. The minimum atomic E-state index is -1.75. The first-order chi connectivity index (χ1) is 24.2. The fourth-order valence-electron chi connectivity index (χ4n) is 5.54. The van der Waals surface area contributed by atoms with Crippen LogP contribution in [-0.2, 0) is 30.6 Å². The van der Waals surface area contributed by atoms with Crippen molar-refractivity contribution in [1.29, 1.82) is 0 Å². The van der Waals surface area contributed by atoms with Crippen LogP contribution < -0.4 is 10.3 Å². The molecular weight excluding hydrogens is 699 g/mol. The van der Waals surface area contributed by atoms with E-state index in [1.165, 1.54) is 48.0 Å². The molecule has 2 atom stereocenters. The molecule has 2 aliphatic rings. The maximum atomic E-state index is 13.4. The zero-order chi connectivity index (χ0) is 36.6. The van der Waals surface area contributed by atoms with Crippen molar-refractivity contribution in [2.75, 3.05) is 11.5 Å². The molecule has 2 aromatic carbocycles. The van der Waals surface area contributed by atoms with Crippen LogP contribution in [-0.4, -0.2) is 76.4 Å². The van der Waals surface area contributed by atoms with E-state index in [0.29, 0.717) is 12.1 Å². The summed E-state index contributed by atoms with van der Waals surface area (Å²) in [6, 6.07) is 12.5. The molecular formula is C35H32N5O9S2+. The molecule has 0 saturated carbocycles. The molecule has 16 heteroatoms. The fraction of sp³-hybridized carbons (Fsp3) is 0.229. The van der Waals surface area contributed by atoms with Gasteiger partial charge < -0.3 is 31.0 Å². The van der Waals surface area contributed by atoms with Crippen LogP contribution in [0.4, 0.5) is 5.13 Å². The van der Waals surface area contributed by atoms with E-state index in [2.05, 4.69) is 10.1 Å². The highest BCUT2D eigenvalue weighted by molar-refractivity contribution is 8.00. The summed E-state index contributed by atoms with van der Waals surface area (Å²) < 4.78 is 1.95. The first kappa shape index (κ1) is 35.1. The average Bonchev–Trinajstić information content (AvgIpc) is 3.52.